The van der Waals surface area contributed by atoms with Gasteiger partial charge in [-0.1, -0.05) is 6.07 Å². The fraction of sp³-hybridized carbons (Fsp3) is 0.611. The van der Waals surface area contributed by atoms with E-state index in [1.807, 2.05) is 23.0 Å². The number of nitrogens with zero attached hydrogens (tertiary/aromatic N) is 4. The number of hydrogen-bond acceptors (Lipinski definition) is 4. The van der Waals surface area contributed by atoms with Crippen molar-refractivity contribution in [3.05, 3.63) is 36.2 Å². The van der Waals surface area contributed by atoms with Crippen molar-refractivity contribution < 1.29 is 4.74 Å². The predicted molar refractivity (Wildman–Crippen MR) is 90.4 cm³/mol. The third-order valence-corrected chi connectivity index (χ3v) is 4.92. The summed E-state index contributed by atoms with van der Waals surface area (Å²) in [6, 6.07) is 6.27. The summed E-state index contributed by atoms with van der Waals surface area (Å²) in [5.74, 6) is 0.887. The van der Waals surface area contributed by atoms with Gasteiger partial charge in [-0.05, 0) is 37.9 Å². The molecule has 1 unspecified atom stereocenters. The molecule has 4 rings (SSSR count). The van der Waals surface area contributed by atoms with Crippen molar-refractivity contribution >= 4 is 5.52 Å². The molecule has 2 aromatic heterocycles. The van der Waals surface area contributed by atoms with Crippen LogP contribution in [0, 0.1) is 5.92 Å². The molecule has 23 heavy (non-hydrogen) atoms. The van der Waals surface area contributed by atoms with Gasteiger partial charge in [-0.2, -0.15) is 5.10 Å². The predicted octanol–water partition coefficient (Wildman–Crippen LogP) is 1.88. The Kier molecular flexibility index (Phi) is 4.33. The molecule has 0 N–H and O–H groups in total. The molecular formula is C18H26N4O. The first-order valence-electron chi connectivity index (χ1n) is 8.71. The fourth-order valence-electron chi connectivity index (χ4n) is 3.48. The molecule has 2 aromatic rings. The third kappa shape index (κ3) is 3.74. The van der Waals surface area contributed by atoms with Crippen LogP contribution >= 0.6 is 0 Å². The minimum Gasteiger partial charge on any atom is -0.374 e. The molecule has 1 saturated heterocycles. The monoisotopic (exact) mass is 314 g/mol. The first kappa shape index (κ1) is 15.1. The number of hydrogen-bond donors (Lipinski definition) is 0. The number of fused-ring (bicyclic) bond motifs is 1. The quantitative estimate of drug-likeness (QED) is 0.815. The molecule has 0 spiro atoms. The van der Waals surface area contributed by atoms with Crippen LogP contribution in [0.2, 0.25) is 0 Å². The van der Waals surface area contributed by atoms with Crippen molar-refractivity contribution in [1.29, 1.82) is 0 Å². The lowest BCUT2D eigenvalue weighted by molar-refractivity contribution is -0.0372. The Hall–Kier alpha value is -1.43. The van der Waals surface area contributed by atoms with Crippen LogP contribution in [0.5, 0.6) is 0 Å². The third-order valence-electron chi connectivity index (χ3n) is 4.92. The lowest BCUT2D eigenvalue weighted by Crippen LogP contribution is -2.46. The highest BCUT2D eigenvalue weighted by molar-refractivity contribution is 5.53. The molecule has 0 amide bonds. The standard InChI is InChI=1S/C18H26N4O/c1-20-8-9-23-17(13-20)14-21(11-15-5-6-15)12-16-10-19-22-7-3-2-4-18(16)22/h2-4,7,10,15,17H,5-6,8-9,11-14H2,1H3. The van der Waals surface area contributed by atoms with E-state index in [4.69, 9.17) is 4.74 Å². The van der Waals surface area contributed by atoms with E-state index in [9.17, 15) is 0 Å². The average Bonchev–Trinajstić information content (AvgIpc) is 3.27. The summed E-state index contributed by atoms with van der Waals surface area (Å²) >= 11 is 0. The van der Waals surface area contributed by atoms with Gasteiger partial charge in [-0.3, -0.25) is 4.90 Å². The van der Waals surface area contributed by atoms with Gasteiger partial charge < -0.3 is 9.64 Å². The molecule has 0 aromatic carbocycles. The second kappa shape index (κ2) is 6.59. The fourth-order valence-corrected chi connectivity index (χ4v) is 3.48. The Morgan fingerprint density at radius 1 is 1.30 bits per heavy atom. The van der Waals surface area contributed by atoms with E-state index in [0.717, 1.165) is 38.7 Å². The van der Waals surface area contributed by atoms with Crippen molar-refractivity contribution in [2.24, 2.45) is 5.92 Å². The Bertz CT molecular complexity index is 651. The van der Waals surface area contributed by atoms with E-state index in [1.54, 1.807) is 0 Å². The molecule has 2 fully saturated rings. The maximum absolute atomic E-state index is 5.98. The summed E-state index contributed by atoms with van der Waals surface area (Å²) in [7, 11) is 2.19. The van der Waals surface area contributed by atoms with Crippen LogP contribution in [0.15, 0.2) is 30.6 Å². The smallest absolute Gasteiger partial charge is 0.0829 e. The molecule has 124 valence electrons. The van der Waals surface area contributed by atoms with Gasteiger partial charge in [0, 0.05) is 44.5 Å². The van der Waals surface area contributed by atoms with Crippen molar-refractivity contribution in [3.8, 4) is 0 Å². The minimum absolute atomic E-state index is 0.328. The van der Waals surface area contributed by atoms with E-state index in [2.05, 4.69) is 34.1 Å². The zero-order chi connectivity index (χ0) is 15.6. The molecular weight excluding hydrogens is 288 g/mol. The van der Waals surface area contributed by atoms with Crippen LogP contribution in [-0.4, -0.2) is 65.4 Å². The highest BCUT2D eigenvalue weighted by atomic mass is 16.5. The molecule has 3 heterocycles. The second-order valence-corrected chi connectivity index (χ2v) is 7.09. The SMILES string of the molecule is CN1CCOC(CN(Cc2cnn3ccccc23)CC2CC2)C1. The van der Waals surface area contributed by atoms with E-state index in [1.165, 1.54) is 30.5 Å². The molecule has 1 aliphatic carbocycles. The summed E-state index contributed by atoms with van der Waals surface area (Å²) in [5.41, 5.74) is 2.53. The zero-order valence-corrected chi connectivity index (χ0v) is 13.9. The number of likely N-dealkylation sites (N-methyl/N-ethyl adjacent to an activating group) is 1. The van der Waals surface area contributed by atoms with Gasteiger partial charge in [0.1, 0.15) is 0 Å². The van der Waals surface area contributed by atoms with Gasteiger partial charge in [0.25, 0.3) is 0 Å². The number of rotatable bonds is 6. The lowest BCUT2D eigenvalue weighted by Gasteiger charge is -2.34. The summed E-state index contributed by atoms with van der Waals surface area (Å²) in [6.07, 6.45) is 7.13. The molecule has 1 saturated carbocycles. The van der Waals surface area contributed by atoms with Crippen LogP contribution in [0.3, 0.4) is 0 Å². The summed E-state index contributed by atoms with van der Waals surface area (Å²) in [4.78, 5) is 4.95. The molecule has 0 radical (unpaired) electrons. The van der Waals surface area contributed by atoms with Crippen LogP contribution in [-0.2, 0) is 11.3 Å². The number of pyridine rings is 1. The summed E-state index contributed by atoms with van der Waals surface area (Å²) in [5, 5.41) is 4.48. The van der Waals surface area contributed by atoms with Crippen molar-refractivity contribution in [2.75, 3.05) is 39.8 Å². The van der Waals surface area contributed by atoms with Crippen LogP contribution in [0.25, 0.3) is 5.52 Å². The molecule has 0 bridgehead atoms. The van der Waals surface area contributed by atoms with E-state index >= 15 is 0 Å². The van der Waals surface area contributed by atoms with Gasteiger partial charge in [-0.15, -0.1) is 0 Å². The Morgan fingerprint density at radius 3 is 3.04 bits per heavy atom. The Balaban J connectivity index is 1.46. The molecule has 1 aliphatic heterocycles. The van der Waals surface area contributed by atoms with Crippen LogP contribution in [0.1, 0.15) is 18.4 Å². The average molecular weight is 314 g/mol. The first-order chi connectivity index (χ1) is 11.3. The molecule has 5 heteroatoms. The normalized spacial score (nSPS) is 23.0. The minimum atomic E-state index is 0.328. The Labute approximate surface area is 137 Å². The van der Waals surface area contributed by atoms with E-state index in [0.29, 0.717) is 6.10 Å². The van der Waals surface area contributed by atoms with Crippen LogP contribution < -0.4 is 0 Å². The van der Waals surface area contributed by atoms with E-state index in [-0.39, 0.29) is 0 Å². The van der Waals surface area contributed by atoms with E-state index < -0.39 is 0 Å². The molecule has 5 nitrogen and oxygen atoms in total. The maximum Gasteiger partial charge on any atom is 0.0829 e. The summed E-state index contributed by atoms with van der Waals surface area (Å²) in [6.45, 7) is 6.12. The van der Waals surface area contributed by atoms with Crippen molar-refractivity contribution in [2.45, 2.75) is 25.5 Å². The first-order valence-corrected chi connectivity index (χ1v) is 8.71. The molecule has 2 aliphatic rings. The highest BCUT2D eigenvalue weighted by Crippen LogP contribution is 2.30. The van der Waals surface area contributed by atoms with Gasteiger partial charge in [-0.25, -0.2) is 4.52 Å². The highest BCUT2D eigenvalue weighted by Gasteiger charge is 2.27. The second-order valence-electron chi connectivity index (χ2n) is 7.09. The van der Waals surface area contributed by atoms with Crippen molar-refractivity contribution in [1.82, 2.24) is 19.4 Å². The topological polar surface area (TPSA) is 33.0 Å². The molecule has 1 atom stereocenters. The summed E-state index contributed by atoms with van der Waals surface area (Å²) < 4.78 is 7.95. The largest absolute Gasteiger partial charge is 0.374 e. The zero-order valence-electron chi connectivity index (χ0n) is 13.9. The van der Waals surface area contributed by atoms with Crippen LogP contribution in [0.4, 0.5) is 0 Å². The lowest BCUT2D eigenvalue weighted by atomic mass is 10.2. The number of morpholine rings is 1. The van der Waals surface area contributed by atoms with Gasteiger partial charge in [0.15, 0.2) is 0 Å². The van der Waals surface area contributed by atoms with Gasteiger partial charge in [0.2, 0.25) is 0 Å². The van der Waals surface area contributed by atoms with Crippen molar-refractivity contribution in [3.63, 3.8) is 0 Å². The van der Waals surface area contributed by atoms with Gasteiger partial charge in [0.05, 0.1) is 24.4 Å². The number of ether oxygens (including phenoxy) is 1. The van der Waals surface area contributed by atoms with Gasteiger partial charge >= 0.3 is 0 Å². The maximum atomic E-state index is 5.98. The Morgan fingerprint density at radius 2 is 2.22 bits per heavy atom. The number of aromatic nitrogens is 2.